The van der Waals surface area contributed by atoms with Gasteiger partial charge in [0.05, 0.1) is 0 Å². The molecule has 2 aliphatic carbocycles. The zero-order valence-corrected chi connectivity index (χ0v) is 12.9. The van der Waals surface area contributed by atoms with E-state index in [-0.39, 0.29) is 0 Å². The summed E-state index contributed by atoms with van der Waals surface area (Å²) in [6.07, 6.45) is 9.04. The van der Waals surface area contributed by atoms with Gasteiger partial charge in [-0.2, -0.15) is 11.8 Å². The van der Waals surface area contributed by atoms with Gasteiger partial charge in [-0.3, -0.25) is 0 Å². The predicted molar refractivity (Wildman–Crippen MR) is 84.9 cm³/mol. The average Bonchev–Trinajstić information content (AvgIpc) is 2.89. The van der Waals surface area contributed by atoms with Crippen LogP contribution in [0, 0.1) is 0 Å². The summed E-state index contributed by atoms with van der Waals surface area (Å²) in [6.45, 7) is 2.37. The molecule has 4 atom stereocenters. The summed E-state index contributed by atoms with van der Waals surface area (Å²) in [5.74, 6) is 0.731. The zero-order chi connectivity index (χ0) is 13.2. The Labute approximate surface area is 121 Å². The van der Waals surface area contributed by atoms with Gasteiger partial charge in [0.1, 0.15) is 0 Å². The normalized spacial score (nSPS) is 34.2. The number of rotatable bonds is 3. The SMILES string of the molecule is CSC1CCCC1NC1CCC(C)c2ccccc21. The van der Waals surface area contributed by atoms with Crippen molar-refractivity contribution in [1.82, 2.24) is 5.32 Å². The second-order valence-corrected chi connectivity index (χ2v) is 7.22. The third-order valence-corrected chi connectivity index (χ3v) is 6.13. The molecule has 19 heavy (non-hydrogen) atoms. The second kappa shape index (κ2) is 5.88. The monoisotopic (exact) mass is 275 g/mol. The lowest BCUT2D eigenvalue weighted by molar-refractivity contribution is 0.385. The lowest BCUT2D eigenvalue weighted by Gasteiger charge is -2.33. The van der Waals surface area contributed by atoms with Crippen LogP contribution in [-0.4, -0.2) is 17.5 Å². The van der Waals surface area contributed by atoms with Gasteiger partial charge >= 0.3 is 0 Å². The number of fused-ring (bicyclic) bond motifs is 1. The highest BCUT2D eigenvalue weighted by molar-refractivity contribution is 7.99. The maximum absolute atomic E-state index is 3.97. The minimum absolute atomic E-state index is 0.588. The van der Waals surface area contributed by atoms with E-state index in [2.05, 4.69) is 42.8 Å². The van der Waals surface area contributed by atoms with Crippen LogP contribution in [0.1, 0.15) is 62.1 Å². The second-order valence-electron chi connectivity index (χ2n) is 6.14. The zero-order valence-electron chi connectivity index (χ0n) is 12.1. The third kappa shape index (κ3) is 2.71. The minimum atomic E-state index is 0.588. The molecule has 0 aromatic heterocycles. The van der Waals surface area contributed by atoms with Crippen LogP contribution in [0.3, 0.4) is 0 Å². The van der Waals surface area contributed by atoms with Crippen molar-refractivity contribution in [1.29, 1.82) is 0 Å². The molecule has 0 bridgehead atoms. The van der Waals surface area contributed by atoms with E-state index < -0.39 is 0 Å². The van der Waals surface area contributed by atoms with E-state index >= 15 is 0 Å². The van der Waals surface area contributed by atoms with Gasteiger partial charge in [-0.1, -0.05) is 37.6 Å². The van der Waals surface area contributed by atoms with Crippen molar-refractivity contribution < 1.29 is 0 Å². The highest BCUT2D eigenvalue weighted by atomic mass is 32.2. The van der Waals surface area contributed by atoms with E-state index in [1.165, 1.54) is 32.1 Å². The summed E-state index contributed by atoms with van der Waals surface area (Å²) in [4.78, 5) is 0. The molecule has 2 aliphatic rings. The molecule has 0 saturated heterocycles. The molecule has 104 valence electrons. The Morgan fingerprint density at radius 2 is 1.84 bits per heavy atom. The van der Waals surface area contributed by atoms with Gasteiger partial charge in [0.2, 0.25) is 0 Å². The van der Waals surface area contributed by atoms with Crippen LogP contribution in [0.2, 0.25) is 0 Å². The molecular formula is C17H25NS. The Bertz CT molecular complexity index is 431. The van der Waals surface area contributed by atoms with Crippen molar-refractivity contribution in [2.75, 3.05) is 6.26 Å². The summed E-state index contributed by atoms with van der Waals surface area (Å²) in [7, 11) is 0. The molecule has 2 heteroatoms. The van der Waals surface area contributed by atoms with Crippen molar-refractivity contribution >= 4 is 11.8 Å². The Morgan fingerprint density at radius 1 is 1.05 bits per heavy atom. The molecule has 1 saturated carbocycles. The van der Waals surface area contributed by atoms with Crippen molar-refractivity contribution in [3.8, 4) is 0 Å². The fraction of sp³-hybridized carbons (Fsp3) is 0.647. The molecule has 4 unspecified atom stereocenters. The van der Waals surface area contributed by atoms with Crippen molar-refractivity contribution in [2.45, 2.75) is 62.3 Å². The van der Waals surface area contributed by atoms with Crippen LogP contribution in [0.15, 0.2) is 24.3 Å². The maximum atomic E-state index is 3.97. The van der Waals surface area contributed by atoms with Gasteiger partial charge in [0.15, 0.2) is 0 Å². The highest BCUT2D eigenvalue weighted by Crippen LogP contribution is 2.39. The Hall–Kier alpha value is -0.470. The lowest BCUT2D eigenvalue weighted by atomic mass is 9.81. The van der Waals surface area contributed by atoms with Crippen LogP contribution >= 0.6 is 11.8 Å². The van der Waals surface area contributed by atoms with E-state index in [9.17, 15) is 0 Å². The predicted octanol–water partition coefficient (Wildman–Crippen LogP) is 4.50. The summed E-state index contributed by atoms with van der Waals surface area (Å²) in [5, 5.41) is 4.80. The number of hydrogen-bond donors (Lipinski definition) is 1. The van der Waals surface area contributed by atoms with Crippen LogP contribution in [0.5, 0.6) is 0 Å². The first-order valence-corrected chi connectivity index (χ1v) is 8.96. The smallest absolute Gasteiger partial charge is 0.0326 e. The van der Waals surface area contributed by atoms with E-state index in [0.717, 1.165) is 17.2 Å². The van der Waals surface area contributed by atoms with E-state index in [1.807, 2.05) is 11.8 Å². The van der Waals surface area contributed by atoms with E-state index in [1.54, 1.807) is 11.1 Å². The highest BCUT2D eigenvalue weighted by Gasteiger charge is 2.31. The van der Waals surface area contributed by atoms with Crippen LogP contribution in [0.25, 0.3) is 0 Å². The lowest BCUT2D eigenvalue weighted by Crippen LogP contribution is -2.38. The number of hydrogen-bond acceptors (Lipinski definition) is 2. The van der Waals surface area contributed by atoms with Crippen LogP contribution < -0.4 is 5.32 Å². The number of benzene rings is 1. The van der Waals surface area contributed by atoms with Crippen LogP contribution in [-0.2, 0) is 0 Å². The topological polar surface area (TPSA) is 12.0 Å². The molecule has 1 fully saturated rings. The van der Waals surface area contributed by atoms with Crippen molar-refractivity contribution in [3.05, 3.63) is 35.4 Å². The first-order valence-electron chi connectivity index (χ1n) is 7.67. The summed E-state index contributed by atoms with van der Waals surface area (Å²) in [6, 6.07) is 10.4. The van der Waals surface area contributed by atoms with Gasteiger partial charge in [0.25, 0.3) is 0 Å². The largest absolute Gasteiger partial charge is 0.306 e. The van der Waals surface area contributed by atoms with E-state index in [4.69, 9.17) is 0 Å². The molecule has 1 aromatic rings. The fourth-order valence-corrected chi connectivity index (χ4v) is 4.78. The summed E-state index contributed by atoms with van der Waals surface area (Å²) >= 11 is 2.05. The summed E-state index contributed by atoms with van der Waals surface area (Å²) in [5.41, 5.74) is 3.14. The quantitative estimate of drug-likeness (QED) is 0.871. The molecule has 1 aromatic carbocycles. The first-order chi connectivity index (χ1) is 9.29. The van der Waals surface area contributed by atoms with Crippen molar-refractivity contribution in [3.63, 3.8) is 0 Å². The first kappa shape index (κ1) is 13.5. The molecular weight excluding hydrogens is 250 g/mol. The van der Waals surface area contributed by atoms with Gasteiger partial charge in [-0.25, -0.2) is 0 Å². The molecule has 0 amide bonds. The fourth-order valence-electron chi connectivity index (χ4n) is 3.84. The molecule has 3 rings (SSSR count). The number of nitrogens with one attached hydrogen (secondary N) is 1. The van der Waals surface area contributed by atoms with Gasteiger partial charge < -0.3 is 5.32 Å². The minimum Gasteiger partial charge on any atom is -0.306 e. The molecule has 0 radical (unpaired) electrons. The average molecular weight is 275 g/mol. The molecule has 0 spiro atoms. The standard InChI is InChI=1S/C17H25NS/c1-12-10-11-15(14-7-4-3-6-13(12)14)18-16-8-5-9-17(16)19-2/h3-4,6-7,12,15-18H,5,8-11H2,1-2H3. The Morgan fingerprint density at radius 3 is 2.63 bits per heavy atom. The maximum Gasteiger partial charge on any atom is 0.0326 e. The molecule has 0 heterocycles. The van der Waals surface area contributed by atoms with Gasteiger partial charge in [0, 0.05) is 17.3 Å². The van der Waals surface area contributed by atoms with Crippen LogP contribution in [0.4, 0.5) is 0 Å². The third-order valence-electron chi connectivity index (χ3n) is 4.96. The molecule has 1 nitrogen and oxygen atoms in total. The summed E-state index contributed by atoms with van der Waals surface area (Å²) < 4.78 is 0. The van der Waals surface area contributed by atoms with E-state index in [0.29, 0.717) is 6.04 Å². The van der Waals surface area contributed by atoms with Gasteiger partial charge in [-0.05, 0) is 49.0 Å². The Kier molecular flexibility index (Phi) is 4.18. The Balaban J connectivity index is 1.77. The molecule has 0 aliphatic heterocycles. The number of thioether (sulfide) groups is 1. The molecule has 1 N–H and O–H groups in total. The van der Waals surface area contributed by atoms with Crippen molar-refractivity contribution in [2.24, 2.45) is 0 Å². The van der Waals surface area contributed by atoms with Gasteiger partial charge in [-0.15, -0.1) is 0 Å².